The summed E-state index contributed by atoms with van der Waals surface area (Å²) in [7, 11) is 0. The van der Waals surface area contributed by atoms with Crippen LogP contribution in [-0.4, -0.2) is 28.6 Å². The molecule has 4 nitrogen and oxygen atoms in total. The molecule has 0 radical (unpaired) electrons. The zero-order valence-corrected chi connectivity index (χ0v) is 11.0. The highest BCUT2D eigenvalue weighted by Crippen LogP contribution is 2.22. The van der Waals surface area contributed by atoms with Gasteiger partial charge in [0.15, 0.2) is 0 Å². The van der Waals surface area contributed by atoms with Gasteiger partial charge in [-0.3, -0.25) is 4.79 Å². The number of carbonyl (C=O) groups is 1. The second-order valence-electron chi connectivity index (χ2n) is 4.23. The third-order valence-electron chi connectivity index (χ3n) is 2.59. The fourth-order valence-corrected chi connectivity index (χ4v) is 2.61. The highest BCUT2D eigenvalue weighted by atomic mass is 32.1. The molecule has 96 valence electrons. The first kappa shape index (κ1) is 13.0. The first-order valence-corrected chi connectivity index (χ1v) is 6.75. The van der Waals surface area contributed by atoms with Crippen LogP contribution in [-0.2, 0) is 11.2 Å². The second kappa shape index (κ2) is 5.93. The minimum atomic E-state index is -0.187. The fraction of sp³-hybridized carbons (Fsp3) is 0.385. The Balaban J connectivity index is 1.92. The van der Waals surface area contributed by atoms with Gasteiger partial charge in [0.05, 0.1) is 21.8 Å². The molecular formula is C13H16N2O2S. The molecule has 2 rings (SSSR count). The molecular weight excluding hydrogens is 248 g/mol. The van der Waals surface area contributed by atoms with Crippen molar-refractivity contribution >= 4 is 27.5 Å². The van der Waals surface area contributed by atoms with Crippen molar-refractivity contribution in [2.24, 2.45) is 0 Å². The summed E-state index contributed by atoms with van der Waals surface area (Å²) in [5, 5.41) is 12.5. The highest BCUT2D eigenvalue weighted by Gasteiger charge is 2.08. The number of nitrogens with zero attached hydrogens (tertiary/aromatic N) is 1. The maximum Gasteiger partial charge on any atom is 0.220 e. The number of aliphatic hydroxyl groups is 1. The number of aryl methyl sites for hydroxylation is 1. The number of amides is 1. The molecule has 0 unspecified atom stereocenters. The van der Waals surface area contributed by atoms with Crippen molar-refractivity contribution in [3.05, 3.63) is 29.3 Å². The lowest BCUT2D eigenvalue weighted by molar-refractivity contribution is -0.121. The van der Waals surface area contributed by atoms with Crippen LogP contribution in [0, 0.1) is 0 Å². The Kier molecular flexibility index (Phi) is 4.28. The molecule has 1 aromatic heterocycles. The number of hydrogen-bond donors (Lipinski definition) is 2. The standard InChI is InChI=1S/C13H16N2O2S/c1-9(8-16)14-12(17)6-7-13-15-10-4-2-3-5-11(10)18-13/h2-5,9,16H,6-8H2,1H3,(H,14,17)/t9-/m0/s1. The van der Waals surface area contributed by atoms with E-state index in [1.165, 1.54) is 0 Å². The third-order valence-corrected chi connectivity index (χ3v) is 3.68. The summed E-state index contributed by atoms with van der Waals surface area (Å²) < 4.78 is 1.15. The van der Waals surface area contributed by atoms with Gasteiger partial charge in [-0.25, -0.2) is 4.98 Å². The van der Waals surface area contributed by atoms with Crippen LogP contribution in [0.15, 0.2) is 24.3 Å². The number of thiazole rings is 1. The molecule has 1 aromatic carbocycles. The average Bonchev–Trinajstić information content (AvgIpc) is 2.79. The Morgan fingerprint density at radius 1 is 1.50 bits per heavy atom. The minimum Gasteiger partial charge on any atom is -0.394 e. The number of benzene rings is 1. The number of carbonyl (C=O) groups excluding carboxylic acids is 1. The van der Waals surface area contributed by atoms with Crippen LogP contribution in [0.5, 0.6) is 0 Å². The molecule has 1 amide bonds. The number of aliphatic hydroxyl groups excluding tert-OH is 1. The molecule has 0 saturated heterocycles. The summed E-state index contributed by atoms with van der Waals surface area (Å²) in [4.78, 5) is 16.0. The summed E-state index contributed by atoms with van der Waals surface area (Å²) >= 11 is 1.62. The molecule has 1 heterocycles. The van der Waals surface area contributed by atoms with E-state index in [2.05, 4.69) is 10.3 Å². The molecule has 0 saturated carbocycles. The van der Waals surface area contributed by atoms with E-state index in [0.29, 0.717) is 12.8 Å². The van der Waals surface area contributed by atoms with Gasteiger partial charge in [-0.1, -0.05) is 12.1 Å². The van der Waals surface area contributed by atoms with E-state index in [4.69, 9.17) is 5.11 Å². The molecule has 0 fully saturated rings. The van der Waals surface area contributed by atoms with E-state index in [9.17, 15) is 4.79 Å². The Morgan fingerprint density at radius 2 is 2.28 bits per heavy atom. The minimum absolute atomic E-state index is 0.0348. The van der Waals surface area contributed by atoms with Gasteiger partial charge in [0.1, 0.15) is 0 Å². The molecule has 0 bridgehead atoms. The van der Waals surface area contributed by atoms with E-state index in [1.54, 1.807) is 18.3 Å². The van der Waals surface area contributed by atoms with E-state index >= 15 is 0 Å². The number of nitrogens with one attached hydrogen (secondary N) is 1. The molecule has 5 heteroatoms. The van der Waals surface area contributed by atoms with Crippen molar-refractivity contribution in [3.8, 4) is 0 Å². The summed E-state index contributed by atoms with van der Waals surface area (Å²) in [5.74, 6) is -0.0455. The van der Waals surface area contributed by atoms with E-state index in [-0.39, 0.29) is 18.6 Å². The van der Waals surface area contributed by atoms with Crippen molar-refractivity contribution in [2.45, 2.75) is 25.8 Å². The molecule has 18 heavy (non-hydrogen) atoms. The quantitative estimate of drug-likeness (QED) is 0.864. The fourth-order valence-electron chi connectivity index (χ4n) is 1.64. The lowest BCUT2D eigenvalue weighted by Gasteiger charge is -2.09. The molecule has 0 aliphatic rings. The SMILES string of the molecule is C[C@@H](CO)NC(=O)CCc1nc2ccccc2s1. The van der Waals surface area contributed by atoms with E-state index in [0.717, 1.165) is 15.2 Å². The monoisotopic (exact) mass is 264 g/mol. The Labute approximate surface area is 110 Å². The van der Waals surface area contributed by atoms with Gasteiger partial charge in [-0.05, 0) is 19.1 Å². The van der Waals surface area contributed by atoms with Crippen molar-refractivity contribution in [1.29, 1.82) is 0 Å². The van der Waals surface area contributed by atoms with Crippen LogP contribution in [0.2, 0.25) is 0 Å². The van der Waals surface area contributed by atoms with Crippen molar-refractivity contribution < 1.29 is 9.90 Å². The Morgan fingerprint density at radius 3 is 3.00 bits per heavy atom. The molecule has 2 aromatic rings. The van der Waals surface area contributed by atoms with E-state index in [1.807, 2.05) is 24.3 Å². The van der Waals surface area contributed by atoms with Crippen LogP contribution in [0.3, 0.4) is 0 Å². The largest absolute Gasteiger partial charge is 0.394 e. The normalized spacial score (nSPS) is 12.6. The number of rotatable bonds is 5. The molecule has 1 atom stereocenters. The molecule has 0 aliphatic carbocycles. The number of fused-ring (bicyclic) bond motifs is 1. The topological polar surface area (TPSA) is 62.2 Å². The number of hydrogen-bond acceptors (Lipinski definition) is 4. The van der Waals surface area contributed by atoms with Crippen LogP contribution in [0.4, 0.5) is 0 Å². The van der Waals surface area contributed by atoms with Gasteiger partial charge < -0.3 is 10.4 Å². The lowest BCUT2D eigenvalue weighted by Crippen LogP contribution is -2.35. The number of aromatic nitrogens is 1. The average molecular weight is 264 g/mol. The highest BCUT2D eigenvalue weighted by molar-refractivity contribution is 7.18. The lowest BCUT2D eigenvalue weighted by atomic mass is 10.2. The van der Waals surface area contributed by atoms with Gasteiger partial charge in [0, 0.05) is 18.9 Å². The maximum absolute atomic E-state index is 11.6. The predicted molar refractivity (Wildman–Crippen MR) is 72.6 cm³/mol. The van der Waals surface area contributed by atoms with Gasteiger partial charge in [-0.2, -0.15) is 0 Å². The Hall–Kier alpha value is -1.46. The van der Waals surface area contributed by atoms with Crippen LogP contribution in [0.25, 0.3) is 10.2 Å². The van der Waals surface area contributed by atoms with Crippen molar-refractivity contribution in [2.75, 3.05) is 6.61 Å². The van der Waals surface area contributed by atoms with Gasteiger partial charge in [-0.15, -0.1) is 11.3 Å². The third kappa shape index (κ3) is 3.27. The molecule has 0 aliphatic heterocycles. The first-order valence-electron chi connectivity index (χ1n) is 5.93. The molecule has 2 N–H and O–H groups in total. The first-order chi connectivity index (χ1) is 8.69. The maximum atomic E-state index is 11.6. The zero-order valence-electron chi connectivity index (χ0n) is 10.2. The smallest absolute Gasteiger partial charge is 0.220 e. The Bertz CT molecular complexity index is 506. The van der Waals surface area contributed by atoms with Gasteiger partial charge in [0.2, 0.25) is 5.91 Å². The summed E-state index contributed by atoms with van der Waals surface area (Å²) in [6.45, 7) is 1.74. The van der Waals surface area contributed by atoms with Crippen molar-refractivity contribution in [1.82, 2.24) is 10.3 Å². The van der Waals surface area contributed by atoms with Crippen LogP contribution < -0.4 is 5.32 Å². The summed E-state index contributed by atoms with van der Waals surface area (Å²) in [6.07, 6.45) is 1.05. The molecule has 0 spiro atoms. The predicted octanol–water partition coefficient (Wildman–Crippen LogP) is 1.73. The van der Waals surface area contributed by atoms with Crippen LogP contribution in [0.1, 0.15) is 18.4 Å². The van der Waals surface area contributed by atoms with Crippen LogP contribution >= 0.6 is 11.3 Å². The summed E-state index contributed by atoms with van der Waals surface area (Å²) in [6, 6.07) is 7.77. The second-order valence-corrected chi connectivity index (χ2v) is 5.34. The van der Waals surface area contributed by atoms with Gasteiger partial charge in [0.25, 0.3) is 0 Å². The zero-order chi connectivity index (χ0) is 13.0. The summed E-state index contributed by atoms with van der Waals surface area (Å²) in [5.41, 5.74) is 0.988. The van der Waals surface area contributed by atoms with E-state index < -0.39 is 0 Å². The van der Waals surface area contributed by atoms with Crippen molar-refractivity contribution in [3.63, 3.8) is 0 Å². The van der Waals surface area contributed by atoms with Gasteiger partial charge >= 0.3 is 0 Å². The number of para-hydroxylation sites is 1.